The number of carbonyl (C=O) groups is 2. The van der Waals surface area contributed by atoms with Gasteiger partial charge in [-0.1, -0.05) is 6.92 Å². The standard InChI is InChI=1S/C9H18N2O3/c1-3-7(9(13)14-2)11-6-4-5-8(10)12/h7,11H,3-6H2,1-2H3,(H2,10,12). The zero-order chi connectivity index (χ0) is 11.0. The molecule has 3 N–H and O–H groups in total. The highest BCUT2D eigenvalue weighted by atomic mass is 16.5. The van der Waals surface area contributed by atoms with Crippen molar-refractivity contribution in [1.29, 1.82) is 0 Å². The van der Waals surface area contributed by atoms with Gasteiger partial charge in [0.15, 0.2) is 0 Å². The van der Waals surface area contributed by atoms with E-state index in [1.807, 2.05) is 6.92 Å². The van der Waals surface area contributed by atoms with Crippen molar-refractivity contribution in [2.75, 3.05) is 13.7 Å². The summed E-state index contributed by atoms with van der Waals surface area (Å²) in [6, 6.07) is -0.284. The van der Waals surface area contributed by atoms with E-state index in [0.717, 1.165) is 0 Å². The van der Waals surface area contributed by atoms with E-state index in [9.17, 15) is 9.59 Å². The molecule has 0 saturated heterocycles. The van der Waals surface area contributed by atoms with Crippen molar-refractivity contribution in [2.24, 2.45) is 5.73 Å². The summed E-state index contributed by atoms with van der Waals surface area (Å²) in [5.74, 6) is -0.593. The zero-order valence-corrected chi connectivity index (χ0v) is 8.71. The summed E-state index contributed by atoms with van der Waals surface area (Å²) < 4.78 is 4.59. The maximum Gasteiger partial charge on any atom is 0.322 e. The van der Waals surface area contributed by atoms with Crippen LogP contribution in [-0.2, 0) is 14.3 Å². The number of nitrogens with one attached hydrogen (secondary N) is 1. The number of rotatable bonds is 7. The summed E-state index contributed by atoms with van der Waals surface area (Å²) in [5.41, 5.74) is 4.97. The summed E-state index contributed by atoms with van der Waals surface area (Å²) in [7, 11) is 1.36. The second-order valence-corrected chi connectivity index (χ2v) is 3.01. The van der Waals surface area contributed by atoms with Crippen LogP contribution in [-0.4, -0.2) is 31.6 Å². The molecule has 82 valence electrons. The van der Waals surface area contributed by atoms with Crippen LogP contribution in [0.15, 0.2) is 0 Å². The molecule has 1 atom stereocenters. The van der Waals surface area contributed by atoms with Gasteiger partial charge in [-0.2, -0.15) is 0 Å². The molecule has 0 aliphatic heterocycles. The normalized spacial score (nSPS) is 12.1. The molecular weight excluding hydrogens is 184 g/mol. The Morgan fingerprint density at radius 2 is 2.14 bits per heavy atom. The third-order valence-electron chi connectivity index (χ3n) is 1.88. The first-order valence-corrected chi connectivity index (χ1v) is 4.71. The number of amides is 1. The largest absolute Gasteiger partial charge is 0.468 e. The maximum atomic E-state index is 11.1. The molecule has 0 spiro atoms. The lowest BCUT2D eigenvalue weighted by molar-refractivity contribution is -0.143. The van der Waals surface area contributed by atoms with Gasteiger partial charge in [0.05, 0.1) is 7.11 Å². The Balaban J connectivity index is 3.63. The summed E-state index contributed by atoms with van der Waals surface area (Å²) in [6.07, 6.45) is 1.65. The second-order valence-electron chi connectivity index (χ2n) is 3.01. The minimum atomic E-state index is -0.321. The molecule has 0 fully saturated rings. The Kier molecular flexibility index (Phi) is 6.74. The van der Waals surface area contributed by atoms with Gasteiger partial charge in [-0.05, 0) is 19.4 Å². The van der Waals surface area contributed by atoms with E-state index in [2.05, 4.69) is 10.1 Å². The quantitative estimate of drug-likeness (QED) is 0.442. The van der Waals surface area contributed by atoms with Crippen LogP contribution < -0.4 is 11.1 Å². The van der Waals surface area contributed by atoms with Crippen LogP contribution in [0.5, 0.6) is 0 Å². The van der Waals surface area contributed by atoms with E-state index >= 15 is 0 Å². The van der Waals surface area contributed by atoms with Gasteiger partial charge in [-0.3, -0.25) is 9.59 Å². The Bertz CT molecular complexity index is 194. The second kappa shape index (κ2) is 7.32. The molecule has 0 aromatic carbocycles. The molecule has 1 amide bonds. The molecule has 0 rings (SSSR count). The van der Waals surface area contributed by atoms with Crippen molar-refractivity contribution < 1.29 is 14.3 Å². The third kappa shape index (κ3) is 5.53. The highest BCUT2D eigenvalue weighted by Crippen LogP contribution is 1.95. The highest BCUT2D eigenvalue weighted by Gasteiger charge is 2.15. The van der Waals surface area contributed by atoms with Crippen LogP contribution in [0.3, 0.4) is 0 Å². The van der Waals surface area contributed by atoms with E-state index in [-0.39, 0.29) is 17.9 Å². The Morgan fingerprint density at radius 3 is 2.57 bits per heavy atom. The fourth-order valence-corrected chi connectivity index (χ4v) is 1.08. The Morgan fingerprint density at radius 1 is 1.50 bits per heavy atom. The van der Waals surface area contributed by atoms with Crippen molar-refractivity contribution in [3.8, 4) is 0 Å². The van der Waals surface area contributed by atoms with Crippen LogP contribution in [0.25, 0.3) is 0 Å². The number of methoxy groups -OCH3 is 1. The zero-order valence-electron chi connectivity index (χ0n) is 8.71. The minimum Gasteiger partial charge on any atom is -0.468 e. The number of hydrogen-bond donors (Lipinski definition) is 2. The number of esters is 1. The molecule has 0 bridgehead atoms. The van der Waals surface area contributed by atoms with Gasteiger partial charge >= 0.3 is 5.97 Å². The molecule has 0 aliphatic carbocycles. The molecule has 0 saturated carbocycles. The van der Waals surface area contributed by atoms with Gasteiger partial charge in [-0.15, -0.1) is 0 Å². The highest BCUT2D eigenvalue weighted by molar-refractivity contribution is 5.75. The van der Waals surface area contributed by atoms with Gasteiger partial charge in [-0.25, -0.2) is 0 Å². The SMILES string of the molecule is CCC(NCCCC(N)=O)C(=O)OC. The number of carbonyl (C=O) groups excluding carboxylic acids is 2. The van der Waals surface area contributed by atoms with Crippen molar-refractivity contribution in [3.05, 3.63) is 0 Å². The van der Waals surface area contributed by atoms with Gasteiger partial charge in [0, 0.05) is 6.42 Å². The lowest BCUT2D eigenvalue weighted by Gasteiger charge is -2.13. The van der Waals surface area contributed by atoms with Crippen LogP contribution >= 0.6 is 0 Å². The Labute approximate surface area is 84.0 Å². The van der Waals surface area contributed by atoms with E-state index in [1.54, 1.807) is 0 Å². The topological polar surface area (TPSA) is 81.4 Å². The summed E-state index contributed by atoms with van der Waals surface area (Å²) in [4.78, 5) is 21.5. The fourth-order valence-electron chi connectivity index (χ4n) is 1.08. The summed E-state index contributed by atoms with van der Waals surface area (Å²) in [6.45, 7) is 2.49. The van der Waals surface area contributed by atoms with Crippen molar-refractivity contribution in [2.45, 2.75) is 32.2 Å². The average molecular weight is 202 g/mol. The molecular formula is C9H18N2O3. The number of nitrogens with two attached hydrogens (primary N) is 1. The van der Waals surface area contributed by atoms with Crippen molar-refractivity contribution in [3.63, 3.8) is 0 Å². The molecule has 0 radical (unpaired) electrons. The molecule has 0 aliphatic rings. The van der Waals surface area contributed by atoms with Crippen LogP contribution in [0.1, 0.15) is 26.2 Å². The smallest absolute Gasteiger partial charge is 0.322 e. The first-order valence-electron chi connectivity index (χ1n) is 4.71. The monoisotopic (exact) mass is 202 g/mol. The third-order valence-corrected chi connectivity index (χ3v) is 1.88. The first-order chi connectivity index (χ1) is 6.61. The van der Waals surface area contributed by atoms with Gasteiger partial charge in [0.2, 0.25) is 5.91 Å². The van der Waals surface area contributed by atoms with Crippen LogP contribution in [0.2, 0.25) is 0 Å². The maximum absolute atomic E-state index is 11.1. The Hall–Kier alpha value is -1.10. The summed E-state index contributed by atoms with van der Waals surface area (Å²) >= 11 is 0. The molecule has 5 heteroatoms. The van der Waals surface area contributed by atoms with Crippen LogP contribution in [0, 0.1) is 0 Å². The summed E-state index contributed by atoms with van der Waals surface area (Å²) in [5, 5.41) is 2.99. The van der Waals surface area contributed by atoms with Crippen molar-refractivity contribution in [1.82, 2.24) is 5.32 Å². The van der Waals surface area contributed by atoms with E-state index in [0.29, 0.717) is 25.8 Å². The predicted molar refractivity (Wildman–Crippen MR) is 52.5 cm³/mol. The molecule has 0 aromatic heterocycles. The predicted octanol–water partition coefficient (Wildman–Crippen LogP) is -0.207. The number of ether oxygens (including phenoxy) is 1. The van der Waals surface area contributed by atoms with Gasteiger partial charge in [0.25, 0.3) is 0 Å². The molecule has 14 heavy (non-hydrogen) atoms. The first kappa shape index (κ1) is 12.9. The number of hydrogen-bond acceptors (Lipinski definition) is 4. The lowest BCUT2D eigenvalue weighted by Crippen LogP contribution is -2.37. The fraction of sp³-hybridized carbons (Fsp3) is 0.778. The molecule has 1 unspecified atom stereocenters. The molecule has 0 aromatic rings. The van der Waals surface area contributed by atoms with Crippen molar-refractivity contribution >= 4 is 11.9 Å². The average Bonchev–Trinajstić information content (AvgIpc) is 2.16. The van der Waals surface area contributed by atoms with E-state index < -0.39 is 0 Å². The lowest BCUT2D eigenvalue weighted by atomic mass is 10.2. The molecule has 0 heterocycles. The minimum absolute atomic E-state index is 0.272. The van der Waals surface area contributed by atoms with Gasteiger partial charge in [0.1, 0.15) is 6.04 Å². The van der Waals surface area contributed by atoms with Crippen LogP contribution in [0.4, 0.5) is 0 Å². The molecule has 5 nitrogen and oxygen atoms in total. The number of primary amides is 1. The van der Waals surface area contributed by atoms with Gasteiger partial charge < -0.3 is 15.8 Å². The van der Waals surface area contributed by atoms with E-state index in [1.165, 1.54) is 7.11 Å². The van der Waals surface area contributed by atoms with E-state index in [4.69, 9.17) is 5.73 Å².